The normalized spacial score (nSPS) is 40.6. The molecule has 0 heterocycles. The Hall–Kier alpha value is 0. The van der Waals surface area contributed by atoms with Crippen LogP contribution in [-0.2, 0) is 0 Å². The molecule has 13 heavy (non-hydrogen) atoms. The molecule has 1 saturated carbocycles. The van der Waals surface area contributed by atoms with E-state index in [1.54, 1.807) is 0 Å². The Morgan fingerprint density at radius 2 is 1.46 bits per heavy atom. The van der Waals surface area contributed by atoms with Gasteiger partial charge in [0.15, 0.2) is 0 Å². The van der Waals surface area contributed by atoms with E-state index in [1.807, 2.05) is 0 Å². The molecule has 0 heteroatoms. The van der Waals surface area contributed by atoms with Gasteiger partial charge in [-0.3, -0.25) is 0 Å². The molecule has 0 radical (unpaired) electrons. The molecule has 0 spiro atoms. The number of rotatable bonds is 3. The van der Waals surface area contributed by atoms with Crippen molar-refractivity contribution < 1.29 is 0 Å². The first-order chi connectivity index (χ1) is 6.19. The second-order valence-electron chi connectivity index (χ2n) is 5.14. The van der Waals surface area contributed by atoms with E-state index in [-0.39, 0.29) is 0 Å². The molecule has 1 aliphatic carbocycles. The van der Waals surface area contributed by atoms with Gasteiger partial charge in [0.25, 0.3) is 0 Å². The zero-order chi connectivity index (χ0) is 9.84. The van der Waals surface area contributed by atoms with Gasteiger partial charge in [0, 0.05) is 0 Å². The molecule has 0 N–H and O–H groups in total. The van der Waals surface area contributed by atoms with E-state index >= 15 is 0 Å². The Morgan fingerprint density at radius 3 is 1.92 bits per heavy atom. The zero-order valence-electron chi connectivity index (χ0n) is 9.84. The van der Waals surface area contributed by atoms with Crippen LogP contribution in [0.2, 0.25) is 0 Å². The second-order valence-corrected chi connectivity index (χ2v) is 5.14. The predicted molar refractivity (Wildman–Crippen MR) is 59.7 cm³/mol. The fourth-order valence-electron chi connectivity index (χ4n) is 3.03. The molecular weight excluding hydrogens is 156 g/mol. The van der Waals surface area contributed by atoms with Crippen LogP contribution in [0.4, 0.5) is 0 Å². The van der Waals surface area contributed by atoms with Gasteiger partial charge in [-0.2, -0.15) is 0 Å². The minimum Gasteiger partial charge on any atom is -0.0654 e. The monoisotopic (exact) mass is 182 g/mol. The third kappa shape index (κ3) is 2.72. The Kier molecular flexibility index (Phi) is 4.28. The van der Waals surface area contributed by atoms with Crippen LogP contribution >= 0.6 is 0 Å². The minimum atomic E-state index is 0.970. The molecule has 0 aromatic rings. The van der Waals surface area contributed by atoms with Crippen molar-refractivity contribution in [1.29, 1.82) is 0 Å². The highest BCUT2D eigenvalue weighted by Crippen LogP contribution is 2.41. The van der Waals surface area contributed by atoms with Crippen LogP contribution < -0.4 is 0 Å². The molecule has 1 fully saturated rings. The average Bonchev–Trinajstić information content (AvgIpc) is 2.11. The van der Waals surface area contributed by atoms with Crippen LogP contribution in [0.5, 0.6) is 0 Å². The Balaban J connectivity index is 2.50. The molecular formula is C13H26. The number of hydrogen-bond donors (Lipinski definition) is 0. The topological polar surface area (TPSA) is 0 Å². The van der Waals surface area contributed by atoms with Crippen molar-refractivity contribution in [1.82, 2.24) is 0 Å². The lowest BCUT2D eigenvalue weighted by atomic mass is 9.67. The molecule has 1 aliphatic rings. The first kappa shape index (κ1) is 11.1. The van der Waals surface area contributed by atoms with Crippen molar-refractivity contribution >= 4 is 0 Å². The summed E-state index contributed by atoms with van der Waals surface area (Å²) in [6.07, 6.45) is 7.23. The van der Waals surface area contributed by atoms with Crippen LogP contribution in [0.3, 0.4) is 0 Å². The third-order valence-electron chi connectivity index (χ3n) is 4.17. The third-order valence-corrected chi connectivity index (χ3v) is 4.17. The van der Waals surface area contributed by atoms with E-state index in [2.05, 4.69) is 27.7 Å². The lowest BCUT2D eigenvalue weighted by molar-refractivity contribution is 0.121. The van der Waals surface area contributed by atoms with Crippen LogP contribution in [0.25, 0.3) is 0 Å². The molecule has 4 unspecified atom stereocenters. The van der Waals surface area contributed by atoms with Crippen molar-refractivity contribution in [2.45, 2.75) is 59.8 Å². The van der Waals surface area contributed by atoms with Crippen LogP contribution in [-0.4, -0.2) is 0 Å². The largest absolute Gasteiger partial charge is 0.0654 e. The molecule has 0 bridgehead atoms. The molecule has 1 rings (SSSR count). The lowest BCUT2D eigenvalue weighted by Crippen LogP contribution is -2.28. The maximum Gasteiger partial charge on any atom is -0.0383 e. The minimum absolute atomic E-state index is 0.970. The van der Waals surface area contributed by atoms with E-state index in [0.29, 0.717) is 0 Å². The maximum absolute atomic E-state index is 2.44. The summed E-state index contributed by atoms with van der Waals surface area (Å²) in [5.74, 6) is 4.02. The van der Waals surface area contributed by atoms with Gasteiger partial charge in [0.05, 0.1) is 0 Å². The van der Waals surface area contributed by atoms with Gasteiger partial charge < -0.3 is 0 Å². The van der Waals surface area contributed by atoms with Crippen molar-refractivity contribution in [3.8, 4) is 0 Å². The number of hydrogen-bond acceptors (Lipinski definition) is 0. The second kappa shape index (κ2) is 5.02. The quantitative estimate of drug-likeness (QED) is 0.603. The molecule has 0 aromatic heterocycles. The van der Waals surface area contributed by atoms with Crippen molar-refractivity contribution in [3.05, 3.63) is 0 Å². The molecule has 4 atom stereocenters. The van der Waals surface area contributed by atoms with Gasteiger partial charge in [-0.05, 0) is 36.5 Å². The summed E-state index contributed by atoms with van der Waals surface area (Å²) >= 11 is 0. The van der Waals surface area contributed by atoms with E-state index < -0.39 is 0 Å². The van der Waals surface area contributed by atoms with Gasteiger partial charge in [-0.25, -0.2) is 0 Å². The van der Waals surface area contributed by atoms with E-state index in [4.69, 9.17) is 0 Å². The van der Waals surface area contributed by atoms with Gasteiger partial charge in [0.2, 0.25) is 0 Å². The zero-order valence-corrected chi connectivity index (χ0v) is 9.84. The summed E-state index contributed by atoms with van der Waals surface area (Å²) in [5.41, 5.74) is 0. The highest BCUT2D eigenvalue weighted by atomic mass is 14.4. The first-order valence-corrected chi connectivity index (χ1v) is 6.19. The van der Waals surface area contributed by atoms with Crippen molar-refractivity contribution in [2.24, 2.45) is 23.7 Å². The Bertz CT molecular complexity index is 139. The molecule has 0 amide bonds. The van der Waals surface area contributed by atoms with Gasteiger partial charge in [-0.15, -0.1) is 0 Å². The van der Waals surface area contributed by atoms with Gasteiger partial charge >= 0.3 is 0 Å². The lowest BCUT2D eigenvalue weighted by Gasteiger charge is -2.38. The fourth-order valence-corrected chi connectivity index (χ4v) is 3.03. The van der Waals surface area contributed by atoms with Gasteiger partial charge in [0.1, 0.15) is 0 Å². The smallest absolute Gasteiger partial charge is 0.0383 e. The summed E-state index contributed by atoms with van der Waals surface area (Å²) < 4.78 is 0. The average molecular weight is 182 g/mol. The fraction of sp³-hybridized carbons (Fsp3) is 1.00. The maximum atomic E-state index is 2.44. The van der Waals surface area contributed by atoms with E-state index in [9.17, 15) is 0 Å². The summed E-state index contributed by atoms with van der Waals surface area (Å²) in [6.45, 7) is 9.58. The van der Waals surface area contributed by atoms with E-state index in [1.165, 1.54) is 32.1 Å². The Morgan fingerprint density at radius 1 is 0.923 bits per heavy atom. The van der Waals surface area contributed by atoms with Crippen molar-refractivity contribution in [2.75, 3.05) is 0 Å². The van der Waals surface area contributed by atoms with Crippen LogP contribution in [0, 0.1) is 23.7 Å². The highest BCUT2D eigenvalue weighted by molar-refractivity contribution is 4.81. The Labute approximate surface area is 84.1 Å². The van der Waals surface area contributed by atoms with Crippen LogP contribution in [0.1, 0.15) is 59.8 Å². The molecule has 0 aliphatic heterocycles. The molecule has 78 valence electrons. The summed E-state index contributed by atoms with van der Waals surface area (Å²) in [7, 11) is 0. The van der Waals surface area contributed by atoms with E-state index in [0.717, 1.165) is 23.7 Å². The molecule has 0 nitrogen and oxygen atoms in total. The standard InChI is InChI=1S/C13H26/c1-5-7-13-9-11(4)10(3)8-12(13)6-2/h10-13H,5-9H2,1-4H3. The molecule has 0 saturated heterocycles. The molecule has 0 aromatic carbocycles. The van der Waals surface area contributed by atoms with Gasteiger partial charge in [-0.1, -0.05) is 47.0 Å². The predicted octanol–water partition coefficient (Wildman–Crippen LogP) is 4.49. The first-order valence-electron chi connectivity index (χ1n) is 6.19. The highest BCUT2D eigenvalue weighted by Gasteiger charge is 2.30. The summed E-state index contributed by atoms with van der Waals surface area (Å²) in [5, 5.41) is 0. The SMILES string of the molecule is CCCC1CC(C)C(C)CC1CC. The van der Waals surface area contributed by atoms with Crippen LogP contribution in [0.15, 0.2) is 0 Å². The summed E-state index contributed by atoms with van der Waals surface area (Å²) in [4.78, 5) is 0. The van der Waals surface area contributed by atoms with Crippen molar-refractivity contribution in [3.63, 3.8) is 0 Å². The summed E-state index contributed by atoms with van der Waals surface area (Å²) in [6, 6.07) is 0.